The van der Waals surface area contributed by atoms with E-state index in [1.54, 1.807) is 6.07 Å². The Morgan fingerprint density at radius 2 is 2.19 bits per heavy atom. The summed E-state index contributed by atoms with van der Waals surface area (Å²) in [6, 6.07) is 4.02. The molecule has 0 aliphatic carbocycles. The molecule has 1 saturated heterocycles. The van der Waals surface area contributed by atoms with Crippen molar-refractivity contribution in [1.82, 2.24) is 5.32 Å². The summed E-state index contributed by atoms with van der Waals surface area (Å²) in [5, 5.41) is 2.77. The van der Waals surface area contributed by atoms with Crippen LogP contribution in [0.15, 0.2) is 18.2 Å². The van der Waals surface area contributed by atoms with Crippen LogP contribution in [0.4, 0.5) is 8.78 Å². The van der Waals surface area contributed by atoms with Crippen LogP contribution in [0.2, 0.25) is 0 Å². The third-order valence-electron chi connectivity index (χ3n) is 3.06. The van der Waals surface area contributed by atoms with Crippen LogP contribution in [0.1, 0.15) is 31.2 Å². The standard InChI is InChI=1S/C12H13F2NO/c1-2-10-8(6-11(16)15-10)7-4-3-5-9(13)12(7)14/h3-5,8,10H,2,6H2,1H3,(H,15,16). The van der Waals surface area contributed by atoms with E-state index in [1.807, 2.05) is 6.92 Å². The highest BCUT2D eigenvalue weighted by Crippen LogP contribution is 2.32. The summed E-state index contributed by atoms with van der Waals surface area (Å²) in [5.74, 6) is -2.04. The van der Waals surface area contributed by atoms with Gasteiger partial charge in [0, 0.05) is 18.4 Å². The molecule has 2 atom stereocenters. The van der Waals surface area contributed by atoms with E-state index in [4.69, 9.17) is 0 Å². The van der Waals surface area contributed by atoms with Gasteiger partial charge in [0.15, 0.2) is 11.6 Å². The molecule has 0 radical (unpaired) electrons. The third-order valence-corrected chi connectivity index (χ3v) is 3.06. The molecule has 86 valence electrons. The minimum atomic E-state index is -0.855. The number of halogens is 2. The van der Waals surface area contributed by atoms with Crippen LogP contribution in [-0.4, -0.2) is 11.9 Å². The van der Waals surface area contributed by atoms with Gasteiger partial charge >= 0.3 is 0 Å². The largest absolute Gasteiger partial charge is 0.353 e. The highest BCUT2D eigenvalue weighted by molar-refractivity contribution is 5.80. The van der Waals surface area contributed by atoms with Crippen molar-refractivity contribution in [2.45, 2.75) is 31.7 Å². The molecule has 1 amide bonds. The van der Waals surface area contributed by atoms with Crippen molar-refractivity contribution < 1.29 is 13.6 Å². The Labute approximate surface area is 92.7 Å². The number of amides is 1. The minimum Gasteiger partial charge on any atom is -0.353 e. The summed E-state index contributed by atoms with van der Waals surface area (Å²) in [4.78, 5) is 11.3. The van der Waals surface area contributed by atoms with Gasteiger partial charge in [-0.3, -0.25) is 4.79 Å². The Bertz CT molecular complexity index is 419. The topological polar surface area (TPSA) is 29.1 Å². The molecule has 0 aromatic heterocycles. The molecular formula is C12H13F2NO. The molecule has 16 heavy (non-hydrogen) atoms. The maximum absolute atomic E-state index is 13.6. The second kappa shape index (κ2) is 4.20. The summed E-state index contributed by atoms with van der Waals surface area (Å²) >= 11 is 0. The lowest BCUT2D eigenvalue weighted by atomic mass is 9.90. The minimum absolute atomic E-state index is 0.0937. The fraction of sp³-hybridized carbons (Fsp3) is 0.417. The normalized spacial score (nSPS) is 24.6. The predicted octanol–water partition coefficient (Wildman–Crippen LogP) is 2.35. The van der Waals surface area contributed by atoms with Gasteiger partial charge in [0.05, 0.1) is 0 Å². The van der Waals surface area contributed by atoms with Crippen LogP contribution in [0.3, 0.4) is 0 Å². The summed E-state index contributed by atoms with van der Waals surface area (Å²) < 4.78 is 26.7. The van der Waals surface area contributed by atoms with Gasteiger partial charge in [-0.2, -0.15) is 0 Å². The van der Waals surface area contributed by atoms with Gasteiger partial charge in [-0.1, -0.05) is 19.1 Å². The zero-order chi connectivity index (χ0) is 11.7. The van der Waals surface area contributed by atoms with Crippen LogP contribution in [0.5, 0.6) is 0 Å². The zero-order valence-corrected chi connectivity index (χ0v) is 8.97. The van der Waals surface area contributed by atoms with Gasteiger partial charge < -0.3 is 5.32 Å². The molecule has 1 N–H and O–H groups in total. The Kier molecular flexibility index (Phi) is 2.90. The molecule has 4 heteroatoms. The number of benzene rings is 1. The maximum Gasteiger partial charge on any atom is 0.220 e. The van der Waals surface area contributed by atoms with E-state index in [0.717, 1.165) is 6.07 Å². The summed E-state index contributed by atoms with van der Waals surface area (Å²) in [5.41, 5.74) is 0.296. The Morgan fingerprint density at radius 3 is 2.88 bits per heavy atom. The van der Waals surface area contributed by atoms with Crippen molar-refractivity contribution >= 4 is 5.91 Å². The smallest absolute Gasteiger partial charge is 0.220 e. The SMILES string of the molecule is CCC1NC(=O)CC1c1cccc(F)c1F. The summed E-state index contributed by atoms with van der Waals surface area (Å²) in [7, 11) is 0. The lowest BCUT2D eigenvalue weighted by molar-refractivity contribution is -0.119. The predicted molar refractivity (Wildman–Crippen MR) is 55.9 cm³/mol. The van der Waals surface area contributed by atoms with E-state index in [1.165, 1.54) is 6.07 Å². The second-order valence-corrected chi connectivity index (χ2v) is 4.04. The van der Waals surface area contributed by atoms with E-state index in [0.29, 0.717) is 12.0 Å². The lowest BCUT2D eigenvalue weighted by Crippen LogP contribution is -2.27. The monoisotopic (exact) mass is 225 g/mol. The number of hydrogen-bond donors (Lipinski definition) is 1. The van der Waals surface area contributed by atoms with Crippen molar-refractivity contribution in [3.05, 3.63) is 35.4 Å². The molecule has 1 aromatic rings. The van der Waals surface area contributed by atoms with E-state index >= 15 is 0 Å². The first-order chi connectivity index (χ1) is 7.63. The highest BCUT2D eigenvalue weighted by Gasteiger charge is 2.34. The van der Waals surface area contributed by atoms with Gasteiger partial charge in [-0.05, 0) is 18.1 Å². The molecule has 1 aromatic carbocycles. The van der Waals surface area contributed by atoms with Gasteiger partial charge in [0.1, 0.15) is 0 Å². The number of carbonyl (C=O) groups is 1. The lowest BCUT2D eigenvalue weighted by Gasteiger charge is -2.17. The first-order valence-electron chi connectivity index (χ1n) is 5.36. The van der Waals surface area contributed by atoms with Crippen molar-refractivity contribution in [2.75, 3.05) is 0 Å². The van der Waals surface area contributed by atoms with Crippen molar-refractivity contribution in [3.8, 4) is 0 Å². The molecule has 1 aliphatic heterocycles. The number of carbonyl (C=O) groups excluding carboxylic acids is 1. The summed E-state index contributed by atoms with van der Waals surface area (Å²) in [6.07, 6.45) is 0.950. The molecular weight excluding hydrogens is 212 g/mol. The molecule has 0 spiro atoms. The average Bonchev–Trinajstić information content (AvgIpc) is 2.63. The Morgan fingerprint density at radius 1 is 1.44 bits per heavy atom. The van der Waals surface area contributed by atoms with Crippen LogP contribution < -0.4 is 5.32 Å². The van der Waals surface area contributed by atoms with E-state index in [2.05, 4.69) is 5.32 Å². The first kappa shape index (κ1) is 11.0. The molecule has 1 fully saturated rings. The molecule has 2 nitrogen and oxygen atoms in total. The fourth-order valence-corrected chi connectivity index (χ4v) is 2.23. The molecule has 1 heterocycles. The molecule has 2 rings (SSSR count). The van der Waals surface area contributed by atoms with Crippen LogP contribution in [0, 0.1) is 11.6 Å². The van der Waals surface area contributed by atoms with Gasteiger partial charge in [-0.15, -0.1) is 0 Å². The quantitative estimate of drug-likeness (QED) is 0.822. The average molecular weight is 225 g/mol. The number of rotatable bonds is 2. The van der Waals surface area contributed by atoms with Gasteiger partial charge in [0.25, 0.3) is 0 Å². The van der Waals surface area contributed by atoms with Crippen LogP contribution >= 0.6 is 0 Å². The molecule has 0 saturated carbocycles. The van der Waals surface area contributed by atoms with Crippen LogP contribution in [-0.2, 0) is 4.79 Å². The highest BCUT2D eigenvalue weighted by atomic mass is 19.2. The molecule has 2 unspecified atom stereocenters. The Balaban J connectivity index is 2.36. The van der Waals surface area contributed by atoms with Crippen molar-refractivity contribution in [3.63, 3.8) is 0 Å². The van der Waals surface area contributed by atoms with E-state index in [-0.39, 0.29) is 24.3 Å². The number of nitrogens with one attached hydrogen (secondary N) is 1. The summed E-state index contributed by atoms with van der Waals surface area (Å²) in [6.45, 7) is 1.92. The van der Waals surface area contributed by atoms with E-state index in [9.17, 15) is 13.6 Å². The maximum atomic E-state index is 13.6. The van der Waals surface area contributed by atoms with E-state index < -0.39 is 11.6 Å². The first-order valence-corrected chi connectivity index (χ1v) is 5.36. The van der Waals surface area contributed by atoms with Crippen LogP contribution in [0.25, 0.3) is 0 Å². The van der Waals surface area contributed by atoms with Crippen molar-refractivity contribution in [1.29, 1.82) is 0 Å². The van der Waals surface area contributed by atoms with Crippen molar-refractivity contribution in [2.24, 2.45) is 0 Å². The second-order valence-electron chi connectivity index (χ2n) is 4.04. The molecule has 1 aliphatic rings. The third kappa shape index (κ3) is 1.79. The molecule has 0 bridgehead atoms. The zero-order valence-electron chi connectivity index (χ0n) is 8.97. The van der Waals surface area contributed by atoms with Gasteiger partial charge in [-0.25, -0.2) is 8.78 Å². The number of hydrogen-bond acceptors (Lipinski definition) is 1. The Hall–Kier alpha value is -1.45. The van der Waals surface area contributed by atoms with Gasteiger partial charge in [0.2, 0.25) is 5.91 Å². The fourth-order valence-electron chi connectivity index (χ4n) is 2.23.